The Hall–Kier alpha value is -1.62. The van der Waals surface area contributed by atoms with Crippen molar-refractivity contribution in [1.29, 1.82) is 0 Å². The van der Waals surface area contributed by atoms with Gasteiger partial charge in [-0.3, -0.25) is 9.78 Å². The molecule has 1 aliphatic rings. The lowest BCUT2D eigenvalue weighted by Crippen LogP contribution is -2.35. The van der Waals surface area contributed by atoms with Crippen molar-refractivity contribution in [2.75, 3.05) is 6.61 Å². The number of hydrogen-bond donors (Lipinski definition) is 2. The molecule has 1 fully saturated rings. The van der Waals surface area contributed by atoms with E-state index in [1.165, 1.54) is 0 Å². The van der Waals surface area contributed by atoms with Crippen LogP contribution in [0, 0.1) is 12.8 Å². The third-order valence-electron chi connectivity index (χ3n) is 3.99. The van der Waals surface area contributed by atoms with E-state index in [9.17, 15) is 9.90 Å². The summed E-state index contributed by atoms with van der Waals surface area (Å²) >= 11 is 0. The maximum Gasteiger partial charge on any atom is 0.308 e. The molecule has 0 unspecified atom stereocenters. The van der Waals surface area contributed by atoms with E-state index in [0.717, 1.165) is 31.4 Å². The van der Waals surface area contributed by atoms with Gasteiger partial charge in [-0.05, 0) is 51.7 Å². The highest BCUT2D eigenvalue weighted by Crippen LogP contribution is 2.26. The van der Waals surface area contributed by atoms with Gasteiger partial charge < -0.3 is 15.2 Å². The van der Waals surface area contributed by atoms with Gasteiger partial charge >= 0.3 is 5.97 Å². The smallest absolute Gasteiger partial charge is 0.308 e. The lowest BCUT2D eigenvalue weighted by atomic mass is 9.86. The molecule has 0 radical (unpaired) electrons. The van der Waals surface area contributed by atoms with Crippen molar-refractivity contribution in [1.82, 2.24) is 10.3 Å². The third kappa shape index (κ3) is 4.43. The van der Waals surface area contributed by atoms with Crippen LogP contribution in [0.25, 0.3) is 0 Å². The van der Waals surface area contributed by atoms with Crippen LogP contribution in [0.2, 0.25) is 0 Å². The zero-order valence-corrected chi connectivity index (χ0v) is 12.8. The molecule has 5 heteroatoms. The Morgan fingerprint density at radius 2 is 2.10 bits per heavy atom. The average molecular weight is 292 g/mol. The number of nitrogens with zero attached hydrogens (tertiary/aromatic N) is 1. The summed E-state index contributed by atoms with van der Waals surface area (Å²) in [7, 11) is 0. The van der Waals surface area contributed by atoms with Crippen molar-refractivity contribution in [2.45, 2.75) is 52.1 Å². The topological polar surface area (TPSA) is 71.5 Å². The first-order chi connectivity index (χ1) is 10.1. The van der Waals surface area contributed by atoms with Crippen LogP contribution in [0.5, 0.6) is 5.75 Å². The number of esters is 1. The highest BCUT2D eigenvalue weighted by Gasteiger charge is 2.27. The van der Waals surface area contributed by atoms with Crippen molar-refractivity contribution >= 4 is 5.97 Å². The molecule has 0 bridgehead atoms. The largest absolute Gasteiger partial charge is 0.506 e. The molecule has 0 amide bonds. The molecule has 0 aromatic carbocycles. The number of hydrogen-bond acceptors (Lipinski definition) is 5. The second-order valence-corrected chi connectivity index (χ2v) is 5.60. The summed E-state index contributed by atoms with van der Waals surface area (Å²) in [5.74, 6) is 0.218. The highest BCUT2D eigenvalue weighted by molar-refractivity contribution is 5.72. The van der Waals surface area contributed by atoms with Gasteiger partial charge in [0.15, 0.2) is 0 Å². The van der Waals surface area contributed by atoms with Crippen LogP contribution in [0.15, 0.2) is 12.1 Å². The minimum atomic E-state index is -0.0612. The summed E-state index contributed by atoms with van der Waals surface area (Å²) in [5, 5.41) is 13.2. The quantitative estimate of drug-likeness (QED) is 0.815. The fourth-order valence-electron chi connectivity index (χ4n) is 2.77. The van der Waals surface area contributed by atoms with Crippen LogP contribution in [0.3, 0.4) is 0 Å². The third-order valence-corrected chi connectivity index (χ3v) is 3.99. The summed E-state index contributed by atoms with van der Waals surface area (Å²) in [5.41, 5.74) is 1.58. The van der Waals surface area contributed by atoms with Crippen molar-refractivity contribution in [3.8, 4) is 5.75 Å². The summed E-state index contributed by atoms with van der Waals surface area (Å²) in [4.78, 5) is 16.0. The van der Waals surface area contributed by atoms with Crippen molar-refractivity contribution < 1.29 is 14.6 Å². The van der Waals surface area contributed by atoms with E-state index in [1.807, 2.05) is 13.8 Å². The SMILES string of the molecule is CCOC(=O)C1CCC(NCc2nc(C)ccc2O)CC1. The Balaban J connectivity index is 1.79. The summed E-state index contributed by atoms with van der Waals surface area (Å²) < 4.78 is 5.07. The molecule has 1 aliphatic carbocycles. The molecule has 0 spiro atoms. The van der Waals surface area contributed by atoms with Gasteiger partial charge in [0.2, 0.25) is 0 Å². The van der Waals surface area contributed by atoms with Crippen LogP contribution in [-0.4, -0.2) is 28.7 Å². The maximum absolute atomic E-state index is 11.7. The Bertz CT molecular complexity index is 482. The van der Waals surface area contributed by atoms with Crippen LogP contribution < -0.4 is 5.32 Å². The fourth-order valence-corrected chi connectivity index (χ4v) is 2.77. The molecule has 1 aromatic rings. The van der Waals surface area contributed by atoms with Crippen molar-refractivity contribution in [2.24, 2.45) is 5.92 Å². The zero-order valence-electron chi connectivity index (χ0n) is 12.8. The minimum Gasteiger partial charge on any atom is -0.506 e. The van der Waals surface area contributed by atoms with Gasteiger partial charge in [0, 0.05) is 18.3 Å². The number of carbonyl (C=O) groups is 1. The minimum absolute atomic E-state index is 0.0495. The van der Waals surface area contributed by atoms with Gasteiger partial charge in [-0.25, -0.2) is 0 Å². The number of carbonyl (C=O) groups excluding carboxylic acids is 1. The molecule has 1 aromatic heterocycles. The Kier molecular flexibility index (Phi) is 5.56. The molecular formula is C16H24N2O3. The second kappa shape index (κ2) is 7.41. The molecule has 1 saturated carbocycles. The van der Waals surface area contributed by atoms with Crippen LogP contribution in [0.1, 0.15) is 44.0 Å². The normalized spacial score (nSPS) is 22.0. The predicted molar refractivity (Wildman–Crippen MR) is 79.9 cm³/mol. The molecule has 21 heavy (non-hydrogen) atoms. The summed E-state index contributed by atoms with van der Waals surface area (Å²) in [6, 6.07) is 3.85. The Morgan fingerprint density at radius 1 is 1.38 bits per heavy atom. The van der Waals surface area contributed by atoms with Crippen LogP contribution >= 0.6 is 0 Å². The number of nitrogens with one attached hydrogen (secondary N) is 1. The first kappa shape index (κ1) is 15.8. The standard InChI is InChI=1S/C16H24N2O3/c1-3-21-16(20)12-5-7-13(8-6-12)17-10-14-15(19)9-4-11(2)18-14/h4,9,12-13,17,19H,3,5-8,10H2,1-2H3. The second-order valence-electron chi connectivity index (χ2n) is 5.60. The number of ether oxygens (including phenoxy) is 1. The molecule has 1 heterocycles. The molecule has 5 nitrogen and oxygen atoms in total. The van der Waals surface area contributed by atoms with Gasteiger partial charge in [0.05, 0.1) is 18.2 Å². The first-order valence-electron chi connectivity index (χ1n) is 7.65. The van der Waals surface area contributed by atoms with Gasteiger partial charge in [0.25, 0.3) is 0 Å². The molecule has 2 N–H and O–H groups in total. The Labute approximate surface area is 125 Å². The van der Waals surface area contributed by atoms with Crippen LogP contribution in [0.4, 0.5) is 0 Å². The van der Waals surface area contributed by atoms with Gasteiger partial charge in [-0.15, -0.1) is 0 Å². The lowest BCUT2D eigenvalue weighted by molar-refractivity contribution is -0.149. The lowest BCUT2D eigenvalue weighted by Gasteiger charge is -2.28. The molecule has 116 valence electrons. The summed E-state index contributed by atoms with van der Waals surface area (Å²) in [6.07, 6.45) is 3.64. The molecular weight excluding hydrogens is 268 g/mol. The molecule has 0 aliphatic heterocycles. The van der Waals surface area contributed by atoms with E-state index in [4.69, 9.17) is 4.74 Å². The van der Waals surface area contributed by atoms with Crippen molar-refractivity contribution in [3.05, 3.63) is 23.5 Å². The molecule has 2 rings (SSSR count). The van der Waals surface area contributed by atoms with Crippen molar-refractivity contribution in [3.63, 3.8) is 0 Å². The van der Waals surface area contributed by atoms with Crippen LogP contribution in [-0.2, 0) is 16.1 Å². The fraction of sp³-hybridized carbons (Fsp3) is 0.625. The van der Waals surface area contributed by atoms with E-state index in [1.54, 1.807) is 12.1 Å². The number of aromatic hydroxyl groups is 1. The predicted octanol–water partition coefficient (Wildman–Crippen LogP) is 2.31. The number of aromatic nitrogens is 1. The maximum atomic E-state index is 11.7. The van der Waals surface area contributed by atoms with E-state index in [0.29, 0.717) is 24.9 Å². The highest BCUT2D eigenvalue weighted by atomic mass is 16.5. The van der Waals surface area contributed by atoms with E-state index >= 15 is 0 Å². The Morgan fingerprint density at radius 3 is 2.76 bits per heavy atom. The average Bonchev–Trinajstić information content (AvgIpc) is 2.49. The molecule has 0 saturated heterocycles. The zero-order chi connectivity index (χ0) is 15.2. The number of pyridine rings is 1. The number of aryl methyl sites for hydroxylation is 1. The van der Waals surface area contributed by atoms with E-state index in [-0.39, 0.29) is 17.6 Å². The monoisotopic (exact) mass is 292 g/mol. The van der Waals surface area contributed by atoms with Gasteiger partial charge in [-0.1, -0.05) is 0 Å². The van der Waals surface area contributed by atoms with Gasteiger partial charge in [0.1, 0.15) is 5.75 Å². The van der Waals surface area contributed by atoms with E-state index in [2.05, 4.69) is 10.3 Å². The van der Waals surface area contributed by atoms with E-state index < -0.39 is 0 Å². The first-order valence-corrected chi connectivity index (χ1v) is 7.65. The summed E-state index contributed by atoms with van der Waals surface area (Å²) in [6.45, 7) is 4.76. The van der Waals surface area contributed by atoms with Gasteiger partial charge in [-0.2, -0.15) is 0 Å². The number of rotatable bonds is 5. The molecule has 0 atom stereocenters.